The lowest BCUT2D eigenvalue weighted by atomic mass is 10.1. The van der Waals surface area contributed by atoms with Crippen LogP contribution >= 0.6 is 12.4 Å². The van der Waals surface area contributed by atoms with Gasteiger partial charge in [0, 0.05) is 12.1 Å². The third-order valence-corrected chi connectivity index (χ3v) is 2.72. The Balaban J connectivity index is 0.000000980. The second-order valence-electron chi connectivity index (χ2n) is 4.14. The third kappa shape index (κ3) is 2.83. The Labute approximate surface area is 89.6 Å². The van der Waals surface area contributed by atoms with Gasteiger partial charge in [-0.15, -0.1) is 12.4 Å². The van der Waals surface area contributed by atoms with Crippen LogP contribution in [0.1, 0.15) is 25.7 Å². The third-order valence-electron chi connectivity index (χ3n) is 2.72. The predicted molar refractivity (Wildman–Crippen MR) is 55.1 cm³/mol. The first kappa shape index (κ1) is 11.8. The van der Waals surface area contributed by atoms with Crippen molar-refractivity contribution in [3.05, 3.63) is 0 Å². The Morgan fingerprint density at radius 2 is 1.93 bits per heavy atom. The average molecular weight is 221 g/mol. The summed E-state index contributed by atoms with van der Waals surface area (Å²) in [5, 5.41) is 12.3. The van der Waals surface area contributed by atoms with Crippen LogP contribution in [0, 0.1) is 5.92 Å². The number of nitrogens with one attached hydrogen (secondary N) is 1. The Morgan fingerprint density at radius 1 is 1.36 bits per heavy atom. The van der Waals surface area contributed by atoms with Gasteiger partial charge in [-0.3, -0.25) is 4.79 Å². The highest BCUT2D eigenvalue weighted by Crippen LogP contribution is 2.33. The van der Waals surface area contributed by atoms with Crippen molar-refractivity contribution >= 4 is 18.3 Å². The molecule has 4 nitrogen and oxygen atoms in total. The van der Waals surface area contributed by atoms with Gasteiger partial charge in [-0.25, -0.2) is 0 Å². The zero-order valence-corrected chi connectivity index (χ0v) is 8.80. The maximum Gasteiger partial charge on any atom is 0.250 e. The van der Waals surface area contributed by atoms with Crippen LogP contribution in [0.5, 0.6) is 0 Å². The van der Waals surface area contributed by atoms with Gasteiger partial charge in [0.05, 0.1) is 0 Å². The van der Waals surface area contributed by atoms with E-state index >= 15 is 0 Å². The zero-order chi connectivity index (χ0) is 9.42. The van der Waals surface area contributed by atoms with E-state index in [-0.39, 0.29) is 24.4 Å². The summed E-state index contributed by atoms with van der Waals surface area (Å²) in [6, 6.07) is -0.0627. The average Bonchev–Trinajstić information content (AvgIpc) is 2.93. The van der Waals surface area contributed by atoms with Crippen LogP contribution in [0.3, 0.4) is 0 Å². The molecule has 2 aliphatic rings. The van der Waals surface area contributed by atoms with Crippen LogP contribution in [0.15, 0.2) is 0 Å². The number of aliphatic hydroxyl groups is 1. The minimum absolute atomic E-state index is 0. The number of halogens is 1. The molecule has 0 heterocycles. The van der Waals surface area contributed by atoms with Crippen molar-refractivity contribution in [3.8, 4) is 0 Å². The molecule has 2 atom stereocenters. The monoisotopic (exact) mass is 220 g/mol. The normalized spacial score (nSPS) is 24.7. The first-order valence-corrected chi connectivity index (χ1v) is 4.92. The molecule has 0 radical (unpaired) electrons. The number of nitrogens with two attached hydrogens (primary N) is 1. The molecule has 0 aromatic carbocycles. The first-order chi connectivity index (χ1) is 6.18. The highest BCUT2D eigenvalue weighted by Gasteiger charge is 2.37. The fraction of sp³-hybridized carbons (Fsp3) is 0.889. The molecule has 14 heavy (non-hydrogen) atoms. The van der Waals surface area contributed by atoms with Crippen molar-refractivity contribution in [2.24, 2.45) is 11.7 Å². The number of hydrogen-bond donors (Lipinski definition) is 3. The Bertz CT molecular complexity index is 217. The highest BCUT2D eigenvalue weighted by atomic mass is 35.5. The fourth-order valence-electron chi connectivity index (χ4n) is 1.43. The standard InChI is InChI=1S/C9H16N2O2.ClH/c10-7(5-1-2-5)8(12)9(13)11-6-3-4-6;/h5-8,12H,1-4,10H2,(H,11,13);1H. The van der Waals surface area contributed by atoms with Crippen molar-refractivity contribution in [1.29, 1.82) is 0 Å². The van der Waals surface area contributed by atoms with Gasteiger partial charge in [0.15, 0.2) is 0 Å². The van der Waals surface area contributed by atoms with Gasteiger partial charge < -0.3 is 16.2 Å². The van der Waals surface area contributed by atoms with Crippen LogP contribution < -0.4 is 11.1 Å². The Morgan fingerprint density at radius 3 is 2.36 bits per heavy atom. The second kappa shape index (κ2) is 4.47. The maximum absolute atomic E-state index is 11.3. The first-order valence-electron chi connectivity index (χ1n) is 4.92. The zero-order valence-electron chi connectivity index (χ0n) is 7.98. The highest BCUT2D eigenvalue weighted by molar-refractivity contribution is 5.85. The molecule has 2 rings (SSSR count). The van der Waals surface area contributed by atoms with Gasteiger partial charge in [-0.2, -0.15) is 0 Å². The van der Waals surface area contributed by atoms with E-state index in [0.717, 1.165) is 25.7 Å². The van der Waals surface area contributed by atoms with Crippen LogP contribution in [0.2, 0.25) is 0 Å². The number of amides is 1. The summed E-state index contributed by atoms with van der Waals surface area (Å²) in [4.78, 5) is 11.3. The van der Waals surface area contributed by atoms with Gasteiger partial charge in [0.1, 0.15) is 6.10 Å². The molecular formula is C9H17ClN2O2. The molecule has 5 heteroatoms. The summed E-state index contributed by atoms with van der Waals surface area (Å²) in [5.74, 6) is 0.0712. The number of carbonyl (C=O) groups is 1. The summed E-state index contributed by atoms with van der Waals surface area (Å²) < 4.78 is 0. The lowest BCUT2D eigenvalue weighted by Crippen LogP contribution is -2.48. The summed E-state index contributed by atoms with van der Waals surface area (Å²) in [6.07, 6.45) is 3.17. The molecule has 0 spiro atoms. The lowest BCUT2D eigenvalue weighted by Gasteiger charge is -2.17. The molecule has 0 aromatic rings. The van der Waals surface area contributed by atoms with Crippen LogP contribution in [-0.2, 0) is 4.79 Å². The van der Waals surface area contributed by atoms with Gasteiger partial charge in [-0.1, -0.05) is 0 Å². The second-order valence-corrected chi connectivity index (χ2v) is 4.14. The van der Waals surface area contributed by atoms with E-state index in [1.54, 1.807) is 0 Å². The molecule has 2 saturated carbocycles. The largest absolute Gasteiger partial charge is 0.382 e. The number of aliphatic hydroxyl groups excluding tert-OH is 1. The molecular weight excluding hydrogens is 204 g/mol. The van der Waals surface area contributed by atoms with E-state index in [0.29, 0.717) is 12.0 Å². The van der Waals surface area contributed by atoms with Crippen LogP contribution in [0.25, 0.3) is 0 Å². The number of rotatable bonds is 4. The van der Waals surface area contributed by atoms with Crippen molar-refractivity contribution in [2.45, 2.75) is 43.9 Å². The molecule has 0 aromatic heterocycles. The van der Waals surface area contributed by atoms with E-state index in [4.69, 9.17) is 5.73 Å². The molecule has 82 valence electrons. The summed E-state index contributed by atoms with van der Waals surface area (Å²) in [6.45, 7) is 0. The molecule has 2 fully saturated rings. The molecule has 0 saturated heterocycles. The predicted octanol–water partition coefficient (Wildman–Crippen LogP) is -0.215. The summed E-state index contributed by atoms with van der Waals surface area (Å²) >= 11 is 0. The fourth-order valence-corrected chi connectivity index (χ4v) is 1.43. The quantitative estimate of drug-likeness (QED) is 0.614. The van der Waals surface area contributed by atoms with Gasteiger partial charge in [0.25, 0.3) is 5.91 Å². The smallest absolute Gasteiger partial charge is 0.250 e. The lowest BCUT2D eigenvalue weighted by molar-refractivity contribution is -0.130. The topological polar surface area (TPSA) is 75.3 Å². The summed E-state index contributed by atoms with van der Waals surface area (Å²) in [5.41, 5.74) is 5.71. The molecule has 0 aliphatic heterocycles. The van der Waals surface area contributed by atoms with E-state index in [1.165, 1.54) is 0 Å². The SMILES string of the molecule is Cl.NC(C1CC1)C(O)C(=O)NC1CC1. The van der Waals surface area contributed by atoms with E-state index in [9.17, 15) is 9.90 Å². The Hall–Kier alpha value is -0.320. The Kier molecular flexibility index (Phi) is 3.75. The van der Waals surface area contributed by atoms with Gasteiger partial charge >= 0.3 is 0 Å². The molecule has 4 N–H and O–H groups in total. The molecule has 2 aliphatic carbocycles. The van der Waals surface area contributed by atoms with Crippen molar-refractivity contribution in [2.75, 3.05) is 0 Å². The minimum atomic E-state index is -1.01. The van der Waals surface area contributed by atoms with Gasteiger partial charge in [-0.05, 0) is 31.6 Å². The summed E-state index contributed by atoms with van der Waals surface area (Å²) in [7, 11) is 0. The number of hydrogen-bond acceptors (Lipinski definition) is 3. The van der Waals surface area contributed by atoms with Crippen LogP contribution in [-0.4, -0.2) is 29.2 Å². The van der Waals surface area contributed by atoms with E-state index in [2.05, 4.69) is 5.32 Å². The van der Waals surface area contributed by atoms with E-state index in [1.807, 2.05) is 0 Å². The van der Waals surface area contributed by atoms with Crippen molar-refractivity contribution in [3.63, 3.8) is 0 Å². The molecule has 0 bridgehead atoms. The van der Waals surface area contributed by atoms with Crippen LogP contribution in [0.4, 0.5) is 0 Å². The van der Waals surface area contributed by atoms with Crippen molar-refractivity contribution < 1.29 is 9.90 Å². The van der Waals surface area contributed by atoms with Gasteiger partial charge in [0.2, 0.25) is 0 Å². The minimum Gasteiger partial charge on any atom is -0.382 e. The van der Waals surface area contributed by atoms with E-state index < -0.39 is 6.10 Å². The van der Waals surface area contributed by atoms with Crippen molar-refractivity contribution in [1.82, 2.24) is 5.32 Å². The maximum atomic E-state index is 11.3. The number of carbonyl (C=O) groups excluding carboxylic acids is 1. The molecule has 1 amide bonds. The molecule has 2 unspecified atom stereocenters.